The Bertz CT molecular complexity index is 700. The third-order valence-electron chi connectivity index (χ3n) is 4.83. The van der Waals surface area contributed by atoms with Gasteiger partial charge in [0.1, 0.15) is 26.2 Å². The van der Waals surface area contributed by atoms with Crippen molar-refractivity contribution in [1.29, 1.82) is 0 Å². The van der Waals surface area contributed by atoms with E-state index in [-0.39, 0.29) is 12.1 Å². The molecule has 2 aromatic carbocycles. The molecular weight excluding hydrogens is 292 g/mol. The van der Waals surface area contributed by atoms with Gasteiger partial charge in [0.2, 0.25) is 0 Å². The van der Waals surface area contributed by atoms with Crippen molar-refractivity contribution < 1.29 is 9.80 Å². The van der Waals surface area contributed by atoms with Gasteiger partial charge in [-0.3, -0.25) is 4.90 Å². The van der Waals surface area contributed by atoms with Crippen molar-refractivity contribution in [3.05, 3.63) is 71.8 Å². The summed E-state index contributed by atoms with van der Waals surface area (Å²) in [4.78, 5) is 2.81. The van der Waals surface area contributed by atoms with E-state index >= 15 is 0 Å². The molecular formula is C22H24N2+2. The van der Waals surface area contributed by atoms with Crippen molar-refractivity contribution >= 4 is 0 Å². The lowest BCUT2D eigenvalue weighted by Gasteiger charge is -2.37. The minimum Gasteiger partial charge on any atom is -0.320 e. The van der Waals surface area contributed by atoms with E-state index in [1.807, 2.05) is 6.07 Å². The van der Waals surface area contributed by atoms with Gasteiger partial charge in [-0.05, 0) is 11.8 Å². The number of hydrogen-bond donors (Lipinski definition) is 2. The monoisotopic (exact) mass is 316 g/mol. The van der Waals surface area contributed by atoms with Gasteiger partial charge >= 0.3 is 0 Å². The lowest BCUT2D eigenvalue weighted by Crippen LogP contribution is -3.32. The molecule has 24 heavy (non-hydrogen) atoms. The zero-order valence-corrected chi connectivity index (χ0v) is 13.9. The molecule has 0 bridgehead atoms. The molecule has 1 aliphatic heterocycles. The van der Waals surface area contributed by atoms with E-state index < -0.39 is 0 Å². The van der Waals surface area contributed by atoms with E-state index in [0.717, 1.165) is 26.2 Å². The van der Waals surface area contributed by atoms with Crippen molar-refractivity contribution in [3.8, 4) is 24.7 Å². The topological polar surface area (TPSA) is 8.88 Å². The molecule has 0 amide bonds. The summed E-state index contributed by atoms with van der Waals surface area (Å²) in [6.45, 7) is 3.80. The lowest BCUT2D eigenvalue weighted by molar-refractivity contribution is -1.05. The minimum atomic E-state index is 0.152. The average Bonchev–Trinajstić information content (AvgIpc) is 2.64. The maximum absolute atomic E-state index is 5.87. The third kappa shape index (κ3) is 3.87. The van der Waals surface area contributed by atoms with Gasteiger partial charge in [0.25, 0.3) is 0 Å². The minimum absolute atomic E-state index is 0.152. The molecule has 3 rings (SSSR count). The van der Waals surface area contributed by atoms with Crippen molar-refractivity contribution in [2.75, 3.05) is 13.1 Å². The Hall–Kier alpha value is -2.52. The van der Waals surface area contributed by atoms with E-state index in [0.29, 0.717) is 0 Å². The Morgan fingerprint density at radius 3 is 1.67 bits per heavy atom. The standard InChI is InChI=1S/C22H22N2/c1-3-21-17-23(15-19-11-7-5-8-12-19)18-22(4-2)24(21)16-20-13-9-6-10-14-20/h1-2,5-14,21-22H,15-18H2/p+2. The highest BCUT2D eigenvalue weighted by molar-refractivity contribution is 5.15. The molecule has 1 aliphatic rings. The number of rotatable bonds is 4. The number of terminal acetylenes is 2. The van der Waals surface area contributed by atoms with E-state index in [1.54, 1.807) is 0 Å². The second-order valence-electron chi connectivity index (χ2n) is 6.50. The van der Waals surface area contributed by atoms with E-state index in [4.69, 9.17) is 12.8 Å². The van der Waals surface area contributed by atoms with Crippen molar-refractivity contribution in [2.24, 2.45) is 0 Å². The van der Waals surface area contributed by atoms with Crippen LogP contribution >= 0.6 is 0 Å². The molecule has 2 N–H and O–H groups in total. The van der Waals surface area contributed by atoms with Crippen LogP contribution in [0, 0.1) is 24.7 Å². The van der Waals surface area contributed by atoms with E-state index in [1.165, 1.54) is 20.9 Å². The first kappa shape index (κ1) is 16.3. The number of quaternary nitrogens is 2. The molecule has 0 aromatic heterocycles. The highest BCUT2D eigenvalue weighted by atomic mass is 15.3. The summed E-state index contributed by atoms with van der Waals surface area (Å²) in [6, 6.07) is 21.4. The highest BCUT2D eigenvalue weighted by Crippen LogP contribution is 1.99. The maximum atomic E-state index is 5.87. The second-order valence-corrected chi connectivity index (χ2v) is 6.50. The Morgan fingerprint density at radius 1 is 0.750 bits per heavy atom. The van der Waals surface area contributed by atoms with Gasteiger partial charge in [0.05, 0.1) is 0 Å². The Balaban J connectivity index is 1.73. The van der Waals surface area contributed by atoms with Crippen LogP contribution in [0.25, 0.3) is 0 Å². The Labute approximate surface area is 145 Å². The zero-order chi connectivity index (χ0) is 16.8. The summed E-state index contributed by atoms with van der Waals surface area (Å²) < 4.78 is 0. The largest absolute Gasteiger partial charge is 0.320 e. The molecule has 1 saturated heterocycles. The van der Waals surface area contributed by atoms with Crippen LogP contribution < -0.4 is 9.80 Å². The Kier molecular flexibility index (Phi) is 5.34. The van der Waals surface area contributed by atoms with Crippen molar-refractivity contribution in [2.45, 2.75) is 25.2 Å². The molecule has 0 saturated carbocycles. The number of hydrogen-bond acceptors (Lipinski definition) is 0. The summed E-state index contributed by atoms with van der Waals surface area (Å²) in [7, 11) is 0. The normalized spacial score (nSPS) is 26.2. The summed E-state index contributed by atoms with van der Waals surface area (Å²) >= 11 is 0. The fraction of sp³-hybridized carbons (Fsp3) is 0.273. The van der Waals surface area contributed by atoms with Gasteiger partial charge in [-0.25, -0.2) is 0 Å². The van der Waals surface area contributed by atoms with Crippen LogP contribution in [0.5, 0.6) is 0 Å². The first-order chi connectivity index (χ1) is 11.8. The second kappa shape index (κ2) is 7.84. The molecule has 1 fully saturated rings. The summed E-state index contributed by atoms with van der Waals surface area (Å²) in [5.41, 5.74) is 2.63. The number of benzene rings is 2. The summed E-state index contributed by atoms with van der Waals surface area (Å²) in [5.74, 6) is 6.00. The molecule has 2 heteroatoms. The van der Waals surface area contributed by atoms with Gasteiger partial charge in [-0.1, -0.05) is 60.7 Å². The van der Waals surface area contributed by atoms with Crippen LogP contribution in [0.3, 0.4) is 0 Å². The predicted octanol–water partition coefficient (Wildman–Crippen LogP) is 0.174. The summed E-state index contributed by atoms with van der Waals surface area (Å²) in [6.07, 6.45) is 11.7. The van der Waals surface area contributed by atoms with Crippen LogP contribution in [-0.2, 0) is 13.1 Å². The average molecular weight is 316 g/mol. The van der Waals surface area contributed by atoms with Crippen LogP contribution in [0.2, 0.25) is 0 Å². The molecule has 120 valence electrons. The van der Waals surface area contributed by atoms with E-state index in [9.17, 15) is 0 Å². The van der Waals surface area contributed by atoms with Crippen molar-refractivity contribution in [3.63, 3.8) is 0 Å². The van der Waals surface area contributed by atoms with Crippen molar-refractivity contribution in [1.82, 2.24) is 0 Å². The lowest BCUT2D eigenvalue weighted by atomic mass is 10.0. The van der Waals surface area contributed by atoms with E-state index in [2.05, 4.69) is 66.4 Å². The molecule has 2 nitrogen and oxygen atoms in total. The molecule has 2 unspecified atom stereocenters. The number of piperazine rings is 1. The summed E-state index contributed by atoms with van der Waals surface area (Å²) in [5, 5.41) is 0. The quantitative estimate of drug-likeness (QED) is 0.745. The number of nitrogens with one attached hydrogen (secondary N) is 2. The van der Waals surface area contributed by atoms with Gasteiger partial charge < -0.3 is 4.90 Å². The van der Waals surface area contributed by atoms with Crippen LogP contribution in [0.15, 0.2) is 60.7 Å². The molecule has 0 spiro atoms. The highest BCUT2D eigenvalue weighted by Gasteiger charge is 2.39. The fourth-order valence-corrected chi connectivity index (χ4v) is 3.60. The molecule has 0 radical (unpaired) electrons. The maximum Gasteiger partial charge on any atom is 0.199 e. The molecule has 2 atom stereocenters. The van der Waals surface area contributed by atoms with Gasteiger partial charge in [0.15, 0.2) is 12.1 Å². The predicted molar refractivity (Wildman–Crippen MR) is 97.2 cm³/mol. The molecule has 1 heterocycles. The first-order valence-corrected chi connectivity index (χ1v) is 8.49. The molecule has 2 aromatic rings. The van der Waals surface area contributed by atoms with Gasteiger partial charge in [-0.2, -0.15) is 0 Å². The zero-order valence-electron chi connectivity index (χ0n) is 13.9. The van der Waals surface area contributed by atoms with Gasteiger partial charge in [-0.15, -0.1) is 12.8 Å². The molecule has 0 aliphatic carbocycles. The van der Waals surface area contributed by atoms with Crippen LogP contribution in [0.1, 0.15) is 11.1 Å². The van der Waals surface area contributed by atoms with Crippen LogP contribution in [-0.4, -0.2) is 25.2 Å². The Morgan fingerprint density at radius 2 is 1.21 bits per heavy atom. The first-order valence-electron chi connectivity index (χ1n) is 8.49. The van der Waals surface area contributed by atoms with Crippen LogP contribution in [0.4, 0.5) is 0 Å². The third-order valence-corrected chi connectivity index (χ3v) is 4.83. The van der Waals surface area contributed by atoms with Gasteiger partial charge in [0, 0.05) is 11.1 Å². The smallest absolute Gasteiger partial charge is 0.199 e. The fourth-order valence-electron chi connectivity index (χ4n) is 3.60. The SMILES string of the molecule is C#CC1C[NH+](Cc2ccccc2)CC(C#C)[NH+]1Cc1ccccc1.